The van der Waals surface area contributed by atoms with Crippen LogP contribution in [0.2, 0.25) is 0 Å². The Kier molecular flexibility index (Phi) is 6.74. The first-order valence-electron chi connectivity index (χ1n) is 15.8. The molecular formula is C34H33F3N6O3S. The third kappa shape index (κ3) is 4.89. The van der Waals surface area contributed by atoms with Crippen LogP contribution in [0.5, 0.6) is 0 Å². The molecule has 1 unspecified atom stereocenters. The number of nitrogens with zero attached hydrogens (tertiary/aromatic N) is 5. The molecule has 2 fully saturated rings. The van der Waals surface area contributed by atoms with E-state index in [-0.39, 0.29) is 35.0 Å². The zero-order valence-electron chi connectivity index (χ0n) is 25.6. The summed E-state index contributed by atoms with van der Waals surface area (Å²) < 4.78 is 76.8. The molecular weight excluding hydrogens is 629 g/mol. The van der Waals surface area contributed by atoms with Crippen molar-refractivity contribution in [3.63, 3.8) is 0 Å². The minimum absolute atomic E-state index is 0.0453. The highest BCUT2D eigenvalue weighted by atomic mass is 32.2. The van der Waals surface area contributed by atoms with Crippen LogP contribution in [-0.2, 0) is 23.0 Å². The van der Waals surface area contributed by atoms with Crippen LogP contribution in [0.3, 0.4) is 0 Å². The molecule has 2 saturated carbocycles. The number of benzene rings is 1. The Labute approximate surface area is 270 Å². The molecule has 0 aliphatic heterocycles. The first-order valence-corrected chi connectivity index (χ1v) is 17.2. The van der Waals surface area contributed by atoms with Gasteiger partial charge < -0.3 is 0 Å². The van der Waals surface area contributed by atoms with Crippen LogP contribution in [-0.4, -0.2) is 45.9 Å². The van der Waals surface area contributed by atoms with Crippen molar-refractivity contribution < 1.29 is 26.4 Å². The van der Waals surface area contributed by atoms with E-state index in [2.05, 4.69) is 10.1 Å². The Bertz CT molecular complexity index is 2020. The largest absolute Gasteiger partial charge is 0.291 e. The summed E-state index contributed by atoms with van der Waals surface area (Å²) >= 11 is 0. The molecule has 47 heavy (non-hydrogen) atoms. The molecule has 2 aromatic heterocycles. The Morgan fingerprint density at radius 2 is 1.87 bits per heavy atom. The number of carbonyl (C=O) groups excluding carboxylic acids is 1. The Morgan fingerprint density at radius 1 is 1.11 bits per heavy atom. The fourth-order valence-corrected chi connectivity index (χ4v) is 9.25. The highest BCUT2D eigenvalue weighted by Gasteiger charge is 2.57. The molecule has 0 amide bonds. The molecule has 3 atom stereocenters. The smallest absolute Gasteiger partial charge is 0.283 e. The van der Waals surface area contributed by atoms with Gasteiger partial charge >= 0.3 is 0 Å². The minimum Gasteiger partial charge on any atom is -0.291 e. The average Bonchev–Trinajstić information content (AvgIpc) is 4.00. The number of fused-ring (bicyclic) bond motifs is 5. The molecule has 5 aliphatic carbocycles. The van der Waals surface area contributed by atoms with Gasteiger partial charge in [0.2, 0.25) is 0 Å². The quantitative estimate of drug-likeness (QED) is 0.266. The molecule has 5 aliphatic rings. The normalized spacial score (nSPS) is 26.3. The van der Waals surface area contributed by atoms with Gasteiger partial charge in [0.15, 0.2) is 10.8 Å². The topological polar surface area (TPSA) is 114 Å². The van der Waals surface area contributed by atoms with Crippen molar-refractivity contribution >= 4 is 21.5 Å². The number of halogens is 3. The van der Waals surface area contributed by atoms with Crippen LogP contribution in [0.1, 0.15) is 54.6 Å². The fourth-order valence-electron chi connectivity index (χ4n) is 7.56. The molecule has 244 valence electrons. The van der Waals surface area contributed by atoms with Gasteiger partial charge in [0.05, 0.1) is 22.7 Å². The Balaban J connectivity index is 1.27. The molecule has 2 N–H and O–H groups in total. The van der Waals surface area contributed by atoms with E-state index in [4.69, 9.17) is 5.84 Å². The van der Waals surface area contributed by atoms with E-state index in [0.29, 0.717) is 41.9 Å². The number of hydrogen-bond acceptors (Lipinski definition) is 7. The number of hydrazine groups is 1. The van der Waals surface area contributed by atoms with Crippen molar-refractivity contribution in [1.82, 2.24) is 19.1 Å². The maximum Gasteiger partial charge on any atom is 0.283 e. The van der Waals surface area contributed by atoms with E-state index in [0.717, 1.165) is 18.4 Å². The number of ketones is 1. The Hall–Kier alpha value is -4.07. The van der Waals surface area contributed by atoms with E-state index in [9.17, 15) is 17.6 Å². The lowest BCUT2D eigenvalue weighted by Crippen LogP contribution is -2.51. The van der Waals surface area contributed by atoms with Crippen molar-refractivity contribution in [1.29, 1.82) is 0 Å². The van der Waals surface area contributed by atoms with Gasteiger partial charge in [-0.25, -0.2) is 27.4 Å². The van der Waals surface area contributed by atoms with Gasteiger partial charge in [-0.1, -0.05) is 11.6 Å². The van der Waals surface area contributed by atoms with Gasteiger partial charge in [0, 0.05) is 37.6 Å². The molecule has 2 heterocycles. The predicted octanol–water partition coefficient (Wildman–Crippen LogP) is 5.40. The molecule has 8 rings (SSSR count). The molecule has 1 aromatic carbocycles. The zero-order chi connectivity index (χ0) is 32.9. The van der Waals surface area contributed by atoms with Crippen LogP contribution >= 0.6 is 0 Å². The van der Waals surface area contributed by atoms with Crippen molar-refractivity contribution in [2.75, 3.05) is 11.6 Å². The van der Waals surface area contributed by atoms with Crippen LogP contribution in [0.4, 0.5) is 18.9 Å². The van der Waals surface area contributed by atoms with E-state index >= 15 is 8.78 Å². The van der Waals surface area contributed by atoms with Crippen molar-refractivity contribution in [3.8, 4) is 0 Å². The summed E-state index contributed by atoms with van der Waals surface area (Å²) in [5, 5.41) is 5.51. The predicted molar refractivity (Wildman–Crippen MR) is 167 cm³/mol. The lowest BCUT2D eigenvalue weighted by Gasteiger charge is -2.48. The number of alkyl halides is 2. The SMILES string of the molecule is Cn1ccc(S(=O)(=O)N(CC2CC2)[C@H]2CCC3=CC(N(N)c4ccc(F)cc4)=C4C[C@@]3(C2)C(=O)c2cc(ccn2)C(F)(F)C2C=C42)n1. The number of allylic oxidation sites excluding steroid dienone is 5. The lowest BCUT2D eigenvalue weighted by molar-refractivity contribution is -0.0222. The van der Waals surface area contributed by atoms with Gasteiger partial charge in [-0.05, 0) is 104 Å². The number of Topliss-reactive ketones (excluding diaryl/α,β-unsaturated/α-hetero) is 1. The van der Waals surface area contributed by atoms with E-state index in [1.54, 1.807) is 19.3 Å². The standard InChI is InChI=1S/C34H33F3N6O3S/c1-41-13-11-31(40-41)47(45,46)42(19-20-2-3-20)25-7-4-21-15-30(43(38)24-8-5-23(35)6-9-24)27-18-33(21,17-25)32(44)29-14-22(10-12-39-29)34(36,37)28-16-26(27)28/h5-6,8-16,20,25,28H,2-4,7,17-19,38H2,1H3/t25-,28?,33+/m0/s1. The van der Waals surface area contributed by atoms with Gasteiger partial charge in [0.25, 0.3) is 15.9 Å². The Morgan fingerprint density at radius 3 is 2.57 bits per heavy atom. The lowest BCUT2D eigenvalue weighted by atomic mass is 9.59. The summed E-state index contributed by atoms with van der Waals surface area (Å²) in [5.41, 5.74) is 0.891. The second-order valence-corrected chi connectivity index (χ2v) is 15.2. The number of hydrogen-bond donors (Lipinski definition) is 1. The van der Waals surface area contributed by atoms with E-state index < -0.39 is 44.9 Å². The van der Waals surface area contributed by atoms with Crippen LogP contribution < -0.4 is 10.9 Å². The summed E-state index contributed by atoms with van der Waals surface area (Å²) in [5.74, 6) is 1.49. The molecule has 1 spiro atoms. The molecule has 13 heteroatoms. The average molecular weight is 663 g/mol. The summed E-state index contributed by atoms with van der Waals surface area (Å²) in [6, 6.07) is 8.90. The number of nitrogens with two attached hydrogens (primary N) is 1. The number of pyridine rings is 1. The van der Waals surface area contributed by atoms with Crippen LogP contribution in [0.25, 0.3) is 0 Å². The van der Waals surface area contributed by atoms with Gasteiger partial charge in [-0.15, -0.1) is 0 Å². The highest BCUT2D eigenvalue weighted by Crippen LogP contribution is 2.60. The first kappa shape index (κ1) is 30.3. The molecule has 0 radical (unpaired) electrons. The molecule has 4 bridgehead atoms. The molecule has 0 saturated heterocycles. The molecule has 3 aromatic rings. The first-order chi connectivity index (χ1) is 22.4. The summed E-state index contributed by atoms with van der Waals surface area (Å²) in [4.78, 5) is 19.1. The summed E-state index contributed by atoms with van der Waals surface area (Å²) in [6.07, 6.45) is 8.98. The maximum atomic E-state index is 15.9. The van der Waals surface area contributed by atoms with Gasteiger partial charge in [-0.3, -0.25) is 19.5 Å². The number of carbonyl (C=O) groups is 1. The third-order valence-corrected chi connectivity index (χ3v) is 12.1. The van der Waals surface area contributed by atoms with E-state index in [1.807, 2.05) is 0 Å². The number of aromatic nitrogens is 3. The van der Waals surface area contributed by atoms with Crippen molar-refractivity contribution in [3.05, 3.63) is 107 Å². The second kappa shape index (κ2) is 10.5. The van der Waals surface area contributed by atoms with Gasteiger partial charge in [-0.2, -0.15) is 9.40 Å². The number of aryl methyl sites for hydroxylation is 1. The van der Waals surface area contributed by atoms with Crippen LogP contribution in [0.15, 0.2) is 94.5 Å². The summed E-state index contributed by atoms with van der Waals surface area (Å²) in [6.45, 7) is 0.315. The highest BCUT2D eigenvalue weighted by molar-refractivity contribution is 7.89. The number of anilines is 1. The van der Waals surface area contributed by atoms with Crippen molar-refractivity contribution in [2.24, 2.45) is 30.1 Å². The second-order valence-electron chi connectivity index (χ2n) is 13.4. The zero-order valence-corrected chi connectivity index (χ0v) is 26.4. The number of rotatable bonds is 7. The maximum absolute atomic E-state index is 15.9. The molecule has 9 nitrogen and oxygen atoms in total. The van der Waals surface area contributed by atoms with Crippen LogP contribution in [0, 0.1) is 23.1 Å². The fraction of sp³-hybridized carbons (Fsp3) is 0.382. The minimum atomic E-state index is -4.01. The van der Waals surface area contributed by atoms with Gasteiger partial charge in [0.1, 0.15) is 11.5 Å². The third-order valence-electron chi connectivity index (χ3n) is 10.3. The van der Waals surface area contributed by atoms with Crippen molar-refractivity contribution in [2.45, 2.75) is 55.5 Å². The summed E-state index contributed by atoms with van der Waals surface area (Å²) in [7, 11) is -2.36. The number of sulfonamides is 1. The van der Waals surface area contributed by atoms with E-state index in [1.165, 1.54) is 68.7 Å². The monoisotopic (exact) mass is 662 g/mol.